The lowest BCUT2D eigenvalue weighted by molar-refractivity contribution is 0.360. The summed E-state index contributed by atoms with van der Waals surface area (Å²) in [6.07, 6.45) is 6.39. The summed E-state index contributed by atoms with van der Waals surface area (Å²) >= 11 is 6.78. The van der Waals surface area contributed by atoms with Crippen LogP contribution in [0.15, 0.2) is 41.3 Å². The van der Waals surface area contributed by atoms with Gasteiger partial charge in [-0.1, -0.05) is 30.7 Å². The van der Waals surface area contributed by atoms with Gasteiger partial charge in [0.2, 0.25) is 5.95 Å². The van der Waals surface area contributed by atoms with Crippen molar-refractivity contribution in [1.82, 2.24) is 19.1 Å². The van der Waals surface area contributed by atoms with Gasteiger partial charge in [-0.2, -0.15) is 0 Å². The van der Waals surface area contributed by atoms with E-state index in [0.29, 0.717) is 28.5 Å². The number of hydrogen-bond donors (Lipinski definition) is 1. The molecule has 1 aromatic carbocycles. The molecule has 6 nitrogen and oxygen atoms in total. The third kappa shape index (κ3) is 4.40. The van der Waals surface area contributed by atoms with Crippen LogP contribution in [0, 0.1) is 12.8 Å². The fourth-order valence-corrected chi connectivity index (χ4v) is 4.76. The number of benzene rings is 1. The van der Waals surface area contributed by atoms with Crippen LogP contribution in [0.1, 0.15) is 58.1 Å². The maximum atomic E-state index is 13.4. The predicted octanol–water partition coefficient (Wildman–Crippen LogP) is 5.63. The van der Waals surface area contributed by atoms with Crippen molar-refractivity contribution in [2.75, 3.05) is 5.32 Å². The van der Waals surface area contributed by atoms with Crippen LogP contribution in [-0.2, 0) is 0 Å². The lowest BCUT2D eigenvalue weighted by atomic mass is 9.87. The maximum Gasteiger partial charge on any atom is 0.334 e. The predicted molar refractivity (Wildman–Crippen MR) is 126 cm³/mol. The van der Waals surface area contributed by atoms with Crippen molar-refractivity contribution in [3.05, 3.63) is 57.7 Å². The lowest BCUT2D eigenvalue weighted by Gasteiger charge is -2.26. The Labute approximate surface area is 188 Å². The number of rotatable bonds is 5. The average molecular weight is 440 g/mol. The van der Waals surface area contributed by atoms with Crippen LogP contribution in [0.2, 0.25) is 5.15 Å². The molecule has 1 saturated carbocycles. The van der Waals surface area contributed by atoms with E-state index in [0.717, 1.165) is 30.0 Å². The van der Waals surface area contributed by atoms with Crippen molar-refractivity contribution < 1.29 is 0 Å². The molecule has 2 heterocycles. The fraction of sp³-hybridized carbons (Fsp3) is 0.458. The molecule has 0 amide bonds. The van der Waals surface area contributed by atoms with Crippen LogP contribution >= 0.6 is 11.6 Å². The summed E-state index contributed by atoms with van der Waals surface area (Å²) in [5, 5.41) is 3.87. The molecule has 0 bridgehead atoms. The van der Waals surface area contributed by atoms with Crippen LogP contribution in [0.4, 0.5) is 5.95 Å². The summed E-state index contributed by atoms with van der Waals surface area (Å²) in [6.45, 7) is 8.22. The van der Waals surface area contributed by atoms with Gasteiger partial charge in [-0.05, 0) is 76.1 Å². The Bertz CT molecular complexity index is 1130. The SMILES string of the molecule is Cc1cccc(-n2c(-c3ccnc(NC4CCC(C)CC4)n3)c(Cl)n(C(C)C)c2=O)c1. The highest BCUT2D eigenvalue weighted by Crippen LogP contribution is 2.31. The number of imidazole rings is 1. The zero-order chi connectivity index (χ0) is 22.1. The summed E-state index contributed by atoms with van der Waals surface area (Å²) in [4.78, 5) is 22.5. The van der Waals surface area contributed by atoms with Crippen LogP contribution in [-0.4, -0.2) is 25.1 Å². The number of aromatic nitrogens is 4. The quantitative estimate of drug-likeness (QED) is 0.559. The fourth-order valence-electron chi connectivity index (χ4n) is 4.32. The number of nitrogens with zero attached hydrogens (tertiary/aromatic N) is 4. The van der Waals surface area contributed by atoms with Gasteiger partial charge >= 0.3 is 5.69 Å². The molecule has 1 N–H and O–H groups in total. The minimum Gasteiger partial charge on any atom is -0.351 e. The molecular weight excluding hydrogens is 410 g/mol. The molecular formula is C24H30ClN5O. The molecule has 7 heteroatoms. The van der Waals surface area contributed by atoms with Crippen molar-refractivity contribution in [3.8, 4) is 17.1 Å². The van der Waals surface area contributed by atoms with E-state index in [1.165, 1.54) is 12.8 Å². The highest BCUT2D eigenvalue weighted by molar-refractivity contribution is 6.32. The summed E-state index contributed by atoms with van der Waals surface area (Å²) in [5.41, 5.74) is 2.89. The van der Waals surface area contributed by atoms with Crippen LogP contribution in [0.3, 0.4) is 0 Å². The lowest BCUT2D eigenvalue weighted by Crippen LogP contribution is -2.26. The zero-order valence-electron chi connectivity index (χ0n) is 18.6. The first-order valence-electron chi connectivity index (χ1n) is 11.0. The van der Waals surface area contributed by atoms with E-state index in [1.54, 1.807) is 15.3 Å². The highest BCUT2D eigenvalue weighted by atomic mass is 35.5. The van der Waals surface area contributed by atoms with Crippen molar-refractivity contribution in [1.29, 1.82) is 0 Å². The molecule has 4 rings (SSSR count). The largest absolute Gasteiger partial charge is 0.351 e. The Morgan fingerprint density at radius 1 is 1.16 bits per heavy atom. The second-order valence-corrected chi connectivity index (χ2v) is 9.28. The number of anilines is 1. The zero-order valence-corrected chi connectivity index (χ0v) is 19.4. The van der Waals surface area contributed by atoms with Crippen LogP contribution in [0.5, 0.6) is 0 Å². The molecule has 0 aliphatic heterocycles. The molecule has 0 spiro atoms. The first-order valence-corrected chi connectivity index (χ1v) is 11.4. The van der Waals surface area contributed by atoms with Gasteiger partial charge in [0.05, 0.1) is 11.4 Å². The van der Waals surface area contributed by atoms with Gasteiger partial charge in [0, 0.05) is 18.3 Å². The minimum absolute atomic E-state index is 0.0755. The third-order valence-corrected chi connectivity index (χ3v) is 6.41. The van der Waals surface area contributed by atoms with Crippen LogP contribution in [0.25, 0.3) is 17.1 Å². The van der Waals surface area contributed by atoms with Crippen molar-refractivity contribution in [2.45, 2.75) is 65.5 Å². The van der Waals surface area contributed by atoms with E-state index in [9.17, 15) is 4.79 Å². The molecule has 0 unspecified atom stereocenters. The van der Waals surface area contributed by atoms with Crippen molar-refractivity contribution in [3.63, 3.8) is 0 Å². The van der Waals surface area contributed by atoms with Gasteiger partial charge in [-0.3, -0.25) is 9.13 Å². The number of nitrogens with one attached hydrogen (secondary N) is 1. The number of halogens is 1. The highest BCUT2D eigenvalue weighted by Gasteiger charge is 2.24. The Morgan fingerprint density at radius 2 is 1.90 bits per heavy atom. The molecule has 2 aromatic heterocycles. The summed E-state index contributed by atoms with van der Waals surface area (Å²) in [7, 11) is 0. The van der Waals surface area contributed by atoms with E-state index in [1.807, 2.05) is 51.1 Å². The van der Waals surface area contributed by atoms with Gasteiger partial charge in [0.1, 0.15) is 10.8 Å². The molecule has 0 atom stereocenters. The molecule has 0 radical (unpaired) electrons. The van der Waals surface area contributed by atoms with Gasteiger partial charge in [0.15, 0.2) is 0 Å². The monoisotopic (exact) mass is 439 g/mol. The van der Waals surface area contributed by atoms with Gasteiger partial charge < -0.3 is 5.32 Å². The molecule has 31 heavy (non-hydrogen) atoms. The number of aryl methyl sites for hydroxylation is 1. The maximum absolute atomic E-state index is 13.4. The molecule has 3 aromatic rings. The Kier molecular flexibility index (Phi) is 6.19. The Morgan fingerprint density at radius 3 is 2.58 bits per heavy atom. The molecule has 1 aliphatic rings. The van der Waals surface area contributed by atoms with E-state index in [-0.39, 0.29) is 11.7 Å². The standard InChI is InChI=1S/C24H30ClN5O/c1-15(2)29-22(25)21(30(24(29)31)19-7-5-6-17(4)14-19)20-12-13-26-23(28-20)27-18-10-8-16(3)9-11-18/h5-7,12-16,18H,8-11H2,1-4H3,(H,26,27,28). The molecule has 0 saturated heterocycles. The Balaban J connectivity index is 1.79. The van der Waals surface area contributed by atoms with E-state index >= 15 is 0 Å². The molecule has 164 valence electrons. The van der Waals surface area contributed by atoms with Crippen molar-refractivity contribution >= 4 is 17.5 Å². The average Bonchev–Trinajstić information content (AvgIpc) is 3.00. The normalized spacial score (nSPS) is 19.0. The smallest absolute Gasteiger partial charge is 0.334 e. The molecule has 1 aliphatic carbocycles. The minimum atomic E-state index is -0.171. The van der Waals surface area contributed by atoms with E-state index in [4.69, 9.17) is 16.6 Å². The van der Waals surface area contributed by atoms with Crippen molar-refractivity contribution in [2.24, 2.45) is 5.92 Å². The summed E-state index contributed by atoms with van der Waals surface area (Å²) in [5.74, 6) is 1.36. The van der Waals surface area contributed by atoms with Crippen LogP contribution < -0.4 is 11.0 Å². The number of hydrogen-bond acceptors (Lipinski definition) is 4. The van der Waals surface area contributed by atoms with E-state index in [2.05, 4.69) is 17.2 Å². The summed E-state index contributed by atoms with van der Waals surface area (Å²) in [6, 6.07) is 9.96. The van der Waals surface area contributed by atoms with Gasteiger partial charge in [-0.25, -0.2) is 14.8 Å². The second kappa shape index (κ2) is 8.87. The van der Waals surface area contributed by atoms with Gasteiger partial charge in [-0.15, -0.1) is 0 Å². The first-order chi connectivity index (χ1) is 14.8. The second-order valence-electron chi connectivity index (χ2n) is 8.93. The first kappa shape index (κ1) is 21.6. The topological polar surface area (TPSA) is 64.7 Å². The molecule has 1 fully saturated rings. The third-order valence-electron chi connectivity index (χ3n) is 6.05. The van der Waals surface area contributed by atoms with E-state index < -0.39 is 0 Å². The van der Waals surface area contributed by atoms with Gasteiger partial charge in [0.25, 0.3) is 0 Å². The summed E-state index contributed by atoms with van der Waals surface area (Å²) < 4.78 is 3.26. The Hall–Kier alpha value is -2.60.